The summed E-state index contributed by atoms with van der Waals surface area (Å²) < 4.78 is 0. The highest BCUT2D eigenvalue weighted by Gasteiger charge is 2.18. The summed E-state index contributed by atoms with van der Waals surface area (Å²) in [5.74, 6) is -0.0399. The summed E-state index contributed by atoms with van der Waals surface area (Å²) in [6.07, 6.45) is 4.07. The molecule has 2 aromatic rings. The summed E-state index contributed by atoms with van der Waals surface area (Å²) in [5, 5.41) is 3.03. The van der Waals surface area contributed by atoms with Crippen molar-refractivity contribution in [3.05, 3.63) is 77.4 Å². The second kappa shape index (κ2) is 4.49. The average Bonchev–Trinajstić information content (AvgIpc) is 2.83. The van der Waals surface area contributed by atoms with Crippen molar-refractivity contribution in [1.29, 1.82) is 0 Å². The van der Waals surface area contributed by atoms with Crippen molar-refractivity contribution in [3.63, 3.8) is 0 Å². The van der Waals surface area contributed by atoms with Crippen LogP contribution in [0.4, 0.5) is 0 Å². The molecule has 1 unspecified atom stereocenters. The Morgan fingerprint density at radius 2 is 1.67 bits per heavy atom. The van der Waals surface area contributed by atoms with Crippen LogP contribution in [-0.2, 0) is 0 Å². The van der Waals surface area contributed by atoms with Crippen molar-refractivity contribution >= 4 is 12.0 Å². The van der Waals surface area contributed by atoms with Gasteiger partial charge < -0.3 is 5.32 Å². The third kappa shape index (κ3) is 1.93. The molecule has 0 heterocycles. The van der Waals surface area contributed by atoms with E-state index in [4.69, 9.17) is 0 Å². The van der Waals surface area contributed by atoms with E-state index < -0.39 is 0 Å². The number of rotatable bonds is 2. The van der Waals surface area contributed by atoms with Gasteiger partial charge in [0.25, 0.3) is 5.91 Å². The number of carbonyl (C=O) groups excluding carboxylic acids is 1. The third-order valence-electron chi connectivity index (χ3n) is 3.12. The fourth-order valence-corrected chi connectivity index (χ4v) is 2.19. The van der Waals surface area contributed by atoms with Crippen LogP contribution in [0.1, 0.15) is 27.5 Å². The zero-order valence-corrected chi connectivity index (χ0v) is 9.84. The molecule has 0 spiro atoms. The number of nitrogens with one attached hydrogen (secondary N) is 1. The van der Waals surface area contributed by atoms with E-state index in [1.54, 1.807) is 0 Å². The topological polar surface area (TPSA) is 29.1 Å². The zero-order valence-electron chi connectivity index (χ0n) is 9.84. The summed E-state index contributed by atoms with van der Waals surface area (Å²) in [5.41, 5.74) is 3.02. The van der Waals surface area contributed by atoms with Crippen molar-refractivity contribution in [3.8, 4) is 0 Å². The fraction of sp³-hybridized carbons (Fsp3) is 0.0625. The van der Waals surface area contributed by atoms with E-state index in [-0.39, 0.29) is 11.9 Å². The molecule has 2 nitrogen and oxygen atoms in total. The van der Waals surface area contributed by atoms with Gasteiger partial charge in [-0.1, -0.05) is 54.6 Å². The molecule has 0 saturated carbocycles. The molecule has 3 rings (SSSR count). The Kier molecular flexibility index (Phi) is 2.69. The maximum atomic E-state index is 12.1. The second-order valence-corrected chi connectivity index (χ2v) is 4.31. The second-order valence-electron chi connectivity index (χ2n) is 4.31. The van der Waals surface area contributed by atoms with Crippen LogP contribution in [0, 0.1) is 0 Å². The lowest BCUT2D eigenvalue weighted by Crippen LogP contribution is -2.26. The molecule has 0 aromatic heterocycles. The zero-order chi connectivity index (χ0) is 12.4. The third-order valence-corrected chi connectivity index (χ3v) is 3.12. The highest BCUT2D eigenvalue weighted by Crippen LogP contribution is 2.27. The highest BCUT2D eigenvalue weighted by atomic mass is 16.1. The molecule has 0 radical (unpaired) electrons. The molecule has 2 aromatic carbocycles. The lowest BCUT2D eigenvalue weighted by molar-refractivity contribution is 0.0944. The number of hydrogen-bond acceptors (Lipinski definition) is 1. The minimum Gasteiger partial charge on any atom is -0.342 e. The van der Waals surface area contributed by atoms with E-state index in [2.05, 4.69) is 11.4 Å². The molecule has 0 saturated heterocycles. The van der Waals surface area contributed by atoms with Gasteiger partial charge in [-0.25, -0.2) is 0 Å². The summed E-state index contributed by atoms with van der Waals surface area (Å²) in [7, 11) is 0. The first kappa shape index (κ1) is 10.8. The van der Waals surface area contributed by atoms with Crippen molar-refractivity contribution < 1.29 is 4.79 Å². The number of hydrogen-bond donors (Lipinski definition) is 1. The average molecular weight is 235 g/mol. The highest BCUT2D eigenvalue weighted by molar-refractivity contribution is 5.94. The van der Waals surface area contributed by atoms with Crippen molar-refractivity contribution in [2.24, 2.45) is 0 Å². The first-order chi connectivity index (χ1) is 8.84. The molecule has 1 N–H and O–H groups in total. The largest absolute Gasteiger partial charge is 0.342 e. The molecule has 0 bridgehead atoms. The predicted octanol–water partition coefficient (Wildman–Crippen LogP) is 3.18. The van der Waals surface area contributed by atoms with Crippen molar-refractivity contribution in [2.75, 3.05) is 0 Å². The Labute approximate surface area is 106 Å². The Bertz CT molecular complexity index is 602. The van der Waals surface area contributed by atoms with Crippen LogP contribution < -0.4 is 5.32 Å². The smallest absolute Gasteiger partial charge is 0.252 e. The molecule has 1 atom stereocenters. The van der Waals surface area contributed by atoms with Crippen LogP contribution in [0.25, 0.3) is 6.08 Å². The molecule has 88 valence electrons. The van der Waals surface area contributed by atoms with Gasteiger partial charge in [0.2, 0.25) is 0 Å². The van der Waals surface area contributed by atoms with Gasteiger partial charge in [-0.15, -0.1) is 0 Å². The molecule has 0 aliphatic heterocycles. The van der Waals surface area contributed by atoms with Crippen LogP contribution in [0.5, 0.6) is 0 Å². The normalized spacial score (nSPS) is 16.3. The van der Waals surface area contributed by atoms with Crippen LogP contribution in [0.3, 0.4) is 0 Å². The van der Waals surface area contributed by atoms with Crippen LogP contribution in [0.2, 0.25) is 0 Å². The SMILES string of the molecule is O=C(NC1C=Cc2ccccc21)c1ccccc1. The molecule has 18 heavy (non-hydrogen) atoms. The standard InChI is InChI=1S/C16H13NO/c18-16(13-7-2-1-3-8-13)17-15-11-10-12-6-4-5-9-14(12)15/h1-11,15H,(H,17,18). The Morgan fingerprint density at radius 1 is 0.944 bits per heavy atom. The lowest BCUT2D eigenvalue weighted by atomic mass is 10.1. The minimum atomic E-state index is -0.0399. The summed E-state index contributed by atoms with van der Waals surface area (Å²) >= 11 is 0. The van der Waals surface area contributed by atoms with E-state index >= 15 is 0 Å². The maximum Gasteiger partial charge on any atom is 0.252 e. The van der Waals surface area contributed by atoms with Gasteiger partial charge in [0, 0.05) is 5.56 Å². The molecular formula is C16H13NO. The van der Waals surface area contributed by atoms with Crippen molar-refractivity contribution in [2.45, 2.75) is 6.04 Å². The van der Waals surface area contributed by atoms with Crippen LogP contribution >= 0.6 is 0 Å². The number of carbonyl (C=O) groups is 1. The minimum absolute atomic E-state index is 0.0195. The van der Waals surface area contributed by atoms with E-state index in [1.807, 2.05) is 60.7 Å². The Morgan fingerprint density at radius 3 is 2.50 bits per heavy atom. The van der Waals surface area contributed by atoms with Gasteiger partial charge in [0.1, 0.15) is 0 Å². The molecular weight excluding hydrogens is 222 g/mol. The Balaban J connectivity index is 1.80. The van der Waals surface area contributed by atoms with Gasteiger partial charge in [-0.05, 0) is 23.3 Å². The van der Waals surface area contributed by atoms with E-state index in [0.29, 0.717) is 5.56 Å². The summed E-state index contributed by atoms with van der Waals surface area (Å²) in [6, 6.07) is 17.4. The quantitative estimate of drug-likeness (QED) is 0.851. The van der Waals surface area contributed by atoms with Gasteiger partial charge in [-0.3, -0.25) is 4.79 Å². The van der Waals surface area contributed by atoms with Gasteiger partial charge >= 0.3 is 0 Å². The van der Waals surface area contributed by atoms with E-state index in [9.17, 15) is 4.79 Å². The maximum absolute atomic E-state index is 12.1. The molecule has 1 aliphatic rings. The molecule has 1 amide bonds. The van der Waals surface area contributed by atoms with E-state index in [1.165, 1.54) is 5.56 Å². The monoisotopic (exact) mass is 235 g/mol. The summed E-state index contributed by atoms with van der Waals surface area (Å²) in [6.45, 7) is 0. The van der Waals surface area contributed by atoms with Gasteiger partial charge in [0.05, 0.1) is 6.04 Å². The first-order valence-electron chi connectivity index (χ1n) is 5.97. The first-order valence-corrected chi connectivity index (χ1v) is 5.97. The fourth-order valence-electron chi connectivity index (χ4n) is 2.19. The van der Waals surface area contributed by atoms with Crippen molar-refractivity contribution in [1.82, 2.24) is 5.32 Å². The number of amides is 1. The number of benzene rings is 2. The Hall–Kier alpha value is -2.35. The predicted molar refractivity (Wildman–Crippen MR) is 72.1 cm³/mol. The van der Waals surface area contributed by atoms with E-state index in [0.717, 1.165) is 5.56 Å². The summed E-state index contributed by atoms with van der Waals surface area (Å²) in [4.78, 5) is 12.1. The molecule has 0 fully saturated rings. The lowest BCUT2D eigenvalue weighted by Gasteiger charge is -2.13. The van der Waals surface area contributed by atoms with Crippen LogP contribution in [0.15, 0.2) is 60.7 Å². The molecule has 2 heteroatoms. The van der Waals surface area contributed by atoms with Crippen LogP contribution in [-0.4, -0.2) is 5.91 Å². The van der Waals surface area contributed by atoms with Gasteiger partial charge in [-0.2, -0.15) is 0 Å². The van der Waals surface area contributed by atoms with Gasteiger partial charge in [0.15, 0.2) is 0 Å². The molecule has 1 aliphatic carbocycles. The number of fused-ring (bicyclic) bond motifs is 1.